The van der Waals surface area contributed by atoms with Gasteiger partial charge in [-0.05, 0) is 25.0 Å². The molecule has 0 aromatic carbocycles. The van der Waals surface area contributed by atoms with Crippen LogP contribution in [0.4, 0.5) is 4.79 Å². The van der Waals surface area contributed by atoms with Gasteiger partial charge in [0.25, 0.3) is 0 Å². The van der Waals surface area contributed by atoms with Gasteiger partial charge in [0.1, 0.15) is 5.92 Å². The van der Waals surface area contributed by atoms with Crippen molar-refractivity contribution in [1.82, 2.24) is 10.6 Å². The van der Waals surface area contributed by atoms with Gasteiger partial charge in [0.15, 0.2) is 0 Å². The number of esters is 1. The number of urea groups is 1. The van der Waals surface area contributed by atoms with Crippen LogP contribution in [0, 0.1) is 18.8 Å². The largest absolute Gasteiger partial charge is 0.465 e. The monoisotopic (exact) mass is 308 g/mol. The number of aryl methyl sites for hydroxylation is 1. The highest BCUT2D eigenvalue weighted by molar-refractivity contribution is 7.12. The van der Waals surface area contributed by atoms with Crippen molar-refractivity contribution in [3.8, 4) is 0 Å². The van der Waals surface area contributed by atoms with Crippen LogP contribution < -0.4 is 10.6 Å². The highest BCUT2D eigenvalue weighted by Crippen LogP contribution is 2.34. The Hall–Kier alpha value is -1.82. The van der Waals surface area contributed by atoms with Crippen molar-refractivity contribution in [2.45, 2.75) is 26.8 Å². The fraction of sp³-hybridized carbons (Fsp3) is 0.467. The fourth-order valence-corrected chi connectivity index (χ4v) is 3.12. The molecule has 6 heteroatoms. The summed E-state index contributed by atoms with van der Waals surface area (Å²) in [6, 6.07) is 3.12. The van der Waals surface area contributed by atoms with Crippen LogP contribution >= 0.6 is 11.3 Å². The number of hydrogen-bond acceptors (Lipinski definition) is 4. The van der Waals surface area contributed by atoms with E-state index in [2.05, 4.69) is 17.2 Å². The zero-order valence-electron chi connectivity index (χ0n) is 12.4. The molecule has 0 spiro atoms. The van der Waals surface area contributed by atoms with E-state index in [1.54, 1.807) is 11.3 Å². The lowest BCUT2D eigenvalue weighted by molar-refractivity contribution is -0.149. The molecule has 1 aliphatic rings. The van der Waals surface area contributed by atoms with Crippen LogP contribution in [-0.4, -0.2) is 18.6 Å². The fourth-order valence-electron chi connectivity index (χ4n) is 2.16. The Balaban J connectivity index is 2.22. The third kappa shape index (κ3) is 3.64. The summed E-state index contributed by atoms with van der Waals surface area (Å²) in [6.07, 6.45) is 0. The van der Waals surface area contributed by atoms with Gasteiger partial charge in [-0.15, -0.1) is 11.3 Å². The van der Waals surface area contributed by atoms with Gasteiger partial charge in [-0.3, -0.25) is 4.79 Å². The second-order valence-electron chi connectivity index (χ2n) is 5.55. The SMILES string of the molecule is C=C1NC(=O)N[C@H](c2ccc(C)s2)[C@H]1C(=O)OCC(C)C. The minimum absolute atomic E-state index is 0.260. The second-order valence-corrected chi connectivity index (χ2v) is 6.87. The van der Waals surface area contributed by atoms with Gasteiger partial charge in [0.05, 0.1) is 12.6 Å². The Bertz CT molecular complexity index is 565. The molecule has 2 atom stereocenters. The molecule has 2 rings (SSSR count). The first-order valence-electron chi connectivity index (χ1n) is 6.87. The van der Waals surface area contributed by atoms with Crippen LogP contribution in [0.25, 0.3) is 0 Å². The number of thiophene rings is 1. The molecule has 0 radical (unpaired) electrons. The third-order valence-corrected chi connectivity index (χ3v) is 4.23. The van der Waals surface area contributed by atoms with Gasteiger partial charge < -0.3 is 15.4 Å². The summed E-state index contributed by atoms with van der Waals surface area (Å²) >= 11 is 1.55. The summed E-state index contributed by atoms with van der Waals surface area (Å²) in [5.41, 5.74) is 0.378. The Labute approximate surface area is 128 Å². The maximum atomic E-state index is 12.3. The molecule has 2 heterocycles. The van der Waals surface area contributed by atoms with Crippen LogP contribution in [-0.2, 0) is 9.53 Å². The molecule has 114 valence electrons. The minimum Gasteiger partial charge on any atom is -0.465 e. The van der Waals surface area contributed by atoms with Gasteiger partial charge in [0, 0.05) is 15.5 Å². The molecular formula is C15H20N2O3S. The van der Waals surface area contributed by atoms with Crippen LogP contribution in [0.2, 0.25) is 0 Å². The van der Waals surface area contributed by atoms with Crippen molar-refractivity contribution in [3.05, 3.63) is 34.2 Å². The molecule has 1 aromatic rings. The molecule has 5 nitrogen and oxygen atoms in total. The van der Waals surface area contributed by atoms with E-state index in [1.807, 2.05) is 32.9 Å². The normalized spacial score (nSPS) is 21.9. The maximum Gasteiger partial charge on any atom is 0.319 e. The molecule has 0 bridgehead atoms. The van der Waals surface area contributed by atoms with E-state index in [4.69, 9.17) is 4.74 Å². The average molecular weight is 308 g/mol. The van der Waals surface area contributed by atoms with Gasteiger partial charge in [-0.1, -0.05) is 20.4 Å². The molecule has 2 N–H and O–H groups in total. The molecule has 0 saturated carbocycles. The van der Waals surface area contributed by atoms with E-state index in [0.29, 0.717) is 12.3 Å². The van der Waals surface area contributed by atoms with Crippen molar-refractivity contribution in [2.75, 3.05) is 6.61 Å². The first-order valence-corrected chi connectivity index (χ1v) is 7.69. The summed E-state index contributed by atoms with van der Waals surface area (Å²) in [5, 5.41) is 5.36. The number of hydrogen-bond donors (Lipinski definition) is 2. The Kier molecular flexibility index (Phi) is 4.67. The van der Waals surface area contributed by atoms with Crippen LogP contribution in [0.3, 0.4) is 0 Å². The third-order valence-electron chi connectivity index (χ3n) is 3.15. The molecular weight excluding hydrogens is 288 g/mol. The number of nitrogens with one attached hydrogen (secondary N) is 2. The molecule has 1 aromatic heterocycles. The zero-order chi connectivity index (χ0) is 15.6. The van der Waals surface area contributed by atoms with E-state index in [0.717, 1.165) is 9.75 Å². The highest BCUT2D eigenvalue weighted by atomic mass is 32.1. The summed E-state index contributed by atoms with van der Waals surface area (Å²) in [6.45, 7) is 10.1. The maximum absolute atomic E-state index is 12.3. The molecule has 1 saturated heterocycles. The number of carbonyl (C=O) groups is 2. The van der Waals surface area contributed by atoms with Gasteiger partial charge in [0.2, 0.25) is 0 Å². The molecule has 1 fully saturated rings. The van der Waals surface area contributed by atoms with Crippen LogP contribution in [0.1, 0.15) is 29.6 Å². The van der Waals surface area contributed by atoms with E-state index < -0.39 is 12.0 Å². The van der Waals surface area contributed by atoms with Crippen molar-refractivity contribution in [1.29, 1.82) is 0 Å². The summed E-state index contributed by atoms with van der Waals surface area (Å²) < 4.78 is 5.32. The van der Waals surface area contributed by atoms with Gasteiger partial charge in [-0.25, -0.2) is 4.79 Å². The minimum atomic E-state index is -0.612. The first-order chi connectivity index (χ1) is 9.88. The standard InChI is InChI=1S/C15H20N2O3S/c1-8(2)7-20-14(18)12-10(4)16-15(19)17-13(12)11-6-5-9(3)21-11/h5-6,8,12-13H,4,7H2,1-3H3,(H2,16,17,19)/t12-,13+/m0/s1. The summed E-state index contributed by atoms with van der Waals surface area (Å²) in [7, 11) is 0. The van der Waals surface area contributed by atoms with Crippen molar-refractivity contribution < 1.29 is 14.3 Å². The van der Waals surface area contributed by atoms with Crippen LogP contribution in [0.5, 0.6) is 0 Å². The van der Waals surface area contributed by atoms with Crippen molar-refractivity contribution >= 4 is 23.3 Å². The number of ether oxygens (including phenoxy) is 1. The Morgan fingerprint density at radius 3 is 2.76 bits per heavy atom. The number of carbonyl (C=O) groups excluding carboxylic acids is 2. The highest BCUT2D eigenvalue weighted by Gasteiger charge is 2.39. The van der Waals surface area contributed by atoms with Gasteiger partial charge >= 0.3 is 12.0 Å². The average Bonchev–Trinajstić information content (AvgIpc) is 2.81. The quantitative estimate of drug-likeness (QED) is 0.840. The van der Waals surface area contributed by atoms with Gasteiger partial charge in [-0.2, -0.15) is 0 Å². The predicted molar refractivity (Wildman–Crippen MR) is 81.9 cm³/mol. The summed E-state index contributed by atoms with van der Waals surface area (Å²) in [5.74, 6) is -0.715. The van der Waals surface area contributed by atoms with E-state index in [-0.39, 0.29) is 17.9 Å². The number of rotatable bonds is 4. The number of amides is 2. The Morgan fingerprint density at radius 1 is 1.48 bits per heavy atom. The molecule has 21 heavy (non-hydrogen) atoms. The molecule has 1 aliphatic heterocycles. The molecule has 0 aliphatic carbocycles. The smallest absolute Gasteiger partial charge is 0.319 e. The van der Waals surface area contributed by atoms with E-state index in [9.17, 15) is 9.59 Å². The molecule has 0 unspecified atom stereocenters. The Morgan fingerprint density at radius 2 is 2.19 bits per heavy atom. The zero-order valence-corrected chi connectivity index (χ0v) is 13.3. The first kappa shape index (κ1) is 15.6. The lowest BCUT2D eigenvalue weighted by Gasteiger charge is -2.32. The second kappa shape index (κ2) is 6.30. The van der Waals surface area contributed by atoms with Crippen molar-refractivity contribution in [2.24, 2.45) is 11.8 Å². The summed E-state index contributed by atoms with van der Waals surface area (Å²) in [4.78, 5) is 26.1. The predicted octanol–water partition coefficient (Wildman–Crippen LogP) is 2.74. The molecule has 2 amide bonds. The van der Waals surface area contributed by atoms with Crippen LogP contribution in [0.15, 0.2) is 24.4 Å². The lowest BCUT2D eigenvalue weighted by atomic mass is 9.93. The lowest BCUT2D eigenvalue weighted by Crippen LogP contribution is -2.51. The van der Waals surface area contributed by atoms with E-state index in [1.165, 1.54) is 0 Å². The van der Waals surface area contributed by atoms with E-state index >= 15 is 0 Å². The topological polar surface area (TPSA) is 67.4 Å². The van der Waals surface area contributed by atoms with Crippen molar-refractivity contribution in [3.63, 3.8) is 0 Å².